The molecule has 3 rings (SSSR count). The summed E-state index contributed by atoms with van der Waals surface area (Å²) < 4.78 is 37.9. The van der Waals surface area contributed by atoms with Gasteiger partial charge in [0.15, 0.2) is 0 Å². The lowest BCUT2D eigenvalue weighted by molar-refractivity contribution is -0.137. The second kappa shape index (κ2) is 9.28. The number of benzene rings is 2. The number of hydrogen-bond acceptors (Lipinski definition) is 3. The molecule has 156 valence electrons. The number of hydrogen-bond donors (Lipinski definition) is 1. The minimum Gasteiger partial charge on any atom is -0.337 e. The maximum absolute atomic E-state index is 12.6. The van der Waals surface area contributed by atoms with E-state index in [4.69, 9.17) is 5.73 Å². The first-order chi connectivity index (χ1) is 13.3. The molecule has 1 aliphatic rings. The molecule has 1 fully saturated rings. The molecular weight excluding hydrogens is 407 g/mol. The highest BCUT2D eigenvalue weighted by molar-refractivity contribution is 5.94. The number of piperazine rings is 1. The zero-order valence-electron chi connectivity index (χ0n) is 15.4. The molecule has 0 radical (unpaired) electrons. The molecule has 2 aromatic carbocycles. The van der Waals surface area contributed by atoms with Gasteiger partial charge in [-0.05, 0) is 29.8 Å². The molecule has 1 heterocycles. The molecule has 1 aliphatic heterocycles. The van der Waals surface area contributed by atoms with E-state index in [1.807, 2.05) is 18.2 Å². The fraction of sp³-hybridized carbons (Fsp3) is 0.300. The van der Waals surface area contributed by atoms with Crippen LogP contribution in [0.4, 0.5) is 13.2 Å². The Bertz CT molecular complexity index is 836. The molecule has 29 heavy (non-hydrogen) atoms. The standard InChI is InChI=1S/C20H20F3N3O2.ClH/c21-20(22,23)16-8-6-15(7-9-16)18(27)25-10-12-26(13-11-25)19(28)17(24)14-4-2-1-3-5-14;/h1-9,17H,10-13,24H2;1H. The largest absolute Gasteiger partial charge is 0.416 e. The minimum atomic E-state index is -4.44. The number of halogens is 4. The van der Waals surface area contributed by atoms with E-state index in [0.29, 0.717) is 26.2 Å². The van der Waals surface area contributed by atoms with Gasteiger partial charge in [-0.3, -0.25) is 9.59 Å². The highest BCUT2D eigenvalue weighted by Gasteiger charge is 2.31. The summed E-state index contributed by atoms with van der Waals surface area (Å²) in [5.41, 5.74) is 6.15. The smallest absolute Gasteiger partial charge is 0.337 e. The molecule has 0 aromatic heterocycles. The number of nitrogens with zero attached hydrogens (tertiary/aromatic N) is 2. The summed E-state index contributed by atoms with van der Waals surface area (Å²) in [6, 6.07) is 12.4. The molecule has 2 aromatic rings. The Balaban J connectivity index is 0.00000300. The van der Waals surface area contributed by atoms with Gasteiger partial charge < -0.3 is 15.5 Å². The number of amides is 2. The van der Waals surface area contributed by atoms with Crippen molar-refractivity contribution in [3.05, 3.63) is 71.3 Å². The molecule has 0 spiro atoms. The Kier molecular flexibility index (Phi) is 7.26. The average Bonchev–Trinajstić information content (AvgIpc) is 2.72. The molecule has 0 aliphatic carbocycles. The second-order valence-electron chi connectivity index (χ2n) is 6.58. The van der Waals surface area contributed by atoms with Crippen molar-refractivity contribution in [1.82, 2.24) is 9.80 Å². The molecule has 2 N–H and O–H groups in total. The molecular formula is C20H21ClF3N3O2. The highest BCUT2D eigenvalue weighted by Crippen LogP contribution is 2.29. The predicted molar refractivity (Wildman–Crippen MR) is 105 cm³/mol. The molecule has 0 saturated carbocycles. The first-order valence-electron chi connectivity index (χ1n) is 8.83. The Morgan fingerprint density at radius 1 is 0.862 bits per heavy atom. The van der Waals surface area contributed by atoms with E-state index in [1.54, 1.807) is 17.0 Å². The summed E-state index contributed by atoms with van der Waals surface area (Å²) in [6.45, 7) is 1.25. The van der Waals surface area contributed by atoms with Crippen molar-refractivity contribution in [2.75, 3.05) is 26.2 Å². The van der Waals surface area contributed by atoms with E-state index in [9.17, 15) is 22.8 Å². The van der Waals surface area contributed by atoms with E-state index in [1.165, 1.54) is 17.0 Å². The van der Waals surface area contributed by atoms with E-state index >= 15 is 0 Å². The Hall–Kier alpha value is -2.58. The fourth-order valence-corrected chi connectivity index (χ4v) is 3.11. The summed E-state index contributed by atoms with van der Waals surface area (Å²) >= 11 is 0. The third kappa shape index (κ3) is 5.27. The third-order valence-corrected chi connectivity index (χ3v) is 4.76. The molecule has 1 saturated heterocycles. The molecule has 9 heteroatoms. The molecule has 2 amide bonds. The molecule has 0 bridgehead atoms. The SMILES string of the molecule is Cl.NC(C(=O)N1CCN(C(=O)c2ccc(C(F)(F)F)cc2)CC1)c1ccccc1. The maximum atomic E-state index is 12.6. The van der Waals surface area contributed by atoms with Crippen molar-refractivity contribution >= 4 is 24.2 Å². The van der Waals surface area contributed by atoms with Crippen LogP contribution in [-0.4, -0.2) is 47.8 Å². The van der Waals surface area contributed by atoms with Crippen LogP contribution in [0.1, 0.15) is 27.5 Å². The number of nitrogens with two attached hydrogens (primary N) is 1. The van der Waals surface area contributed by atoms with Crippen LogP contribution in [0.5, 0.6) is 0 Å². The fourth-order valence-electron chi connectivity index (χ4n) is 3.11. The van der Waals surface area contributed by atoms with E-state index in [-0.39, 0.29) is 29.8 Å². The quantitative estimate of drug-likeness (QED) is 0.818. The van der Waals surface area contributed by atoms with Gasteiger partial charge in [0.05, 0.1) is 5.56 Å². The lowest BCUT2D eigenvalue weighted by Crippen LogP contribution is -2.52. The number of carbonyl (C=O) groups excluding carboxylic acids is 2. The van der Waals surface area contributed by atoms with Crippen LogP contribution in [-0.2, 0) is 11.0 Å². The average molecular weight is 428 g/mol. The van der Waals surface area contributed by atoms with Gasteiger partial charge in [-0.25, -0.2) is 0 Å². The topological polar surface area (TPSA) is 66.6 Å². The van der Waals surface area contributed by atoms with Gasteiger partial charge in [-0.15, -0.1) is 12.4 Å². The van der Waals surface area contributed by atoms with Crippen LogP contribution in [0.15, 0.2) is 54.6 Å². The van der Waals surface area contributed by atoms with Crippen LogP contribution in [0, 0.1) is 0 Å². The van der Waals surface area contributed by atoms with Gasteiger partial charge in [0, 0.05) is 31.7 Å². The van der Waals surface area contributed by atoms with Gasteiger partial charge in [0.1, 0.15) is 6.04 Å². The van der Waals surface area contributed by atoms with Gasteiger partial charge >= 0.3 is 6.18 Å². The summed E-state index contributed by atoms with van der Waals surface area (Å²) in [7, 11) is 0. The van der Waals surface area contributed by atoms with E-state index in [0.717, 1.165) is 17.7 Å². The predicted octanol–water partition coefficient (Wildman–Crippen LogP) is 3.11. The maximum Gasteiger partial charge on any atom is 0.416 e. The van der Waals surface area contributed by atoms with Gasteiger partial charge in [0.2, 0.25) is 5.91 Å². The Labute approximate surface area is 172 Å². The summed E-state index contributed by atoms with van der Waals surface area (Å²) in [4.78, 5) is 28.2. The first-order valence-corrected chi connectivity index (χ1v) is 8.83. The number of rotatable bonds is 3. The van der Waals surface area contributed by atoms with E-state index < -0.39 is 17.8 Å². The normalized spacial score (nSPS) is 15.4. The van der Waals surface area contributed by atoms with Crippen LogP contribution in [0.3, 0.4) is 0 Å². The summed E-state index contributed by atoms with van der Waals surface area (Å²) in [5, 5.41) is 0. The lowest BCUT2D eigenvalue weighted by atomic mass is 10.1. The van der Waals surface area contributed by atoms with Crippen LogP contribution in [0.25, 0.3) is 0 Å². The van der Waals surface area contributed by atoms with Gasteiger partial charge in [-0.1, -0.05) is 30.3 Å². The van der Waals surface area contributed by atoms with Gasteiger partial charge in [-0.2, -0.15) is 13.2 Å². The first kappa shape index (κ1) is 22.7. The van der Waals surface area contributed by atoms with Crippen molar-refractivity contribution in [3.8, 4) is 0 Å². The zero-order valence-corrected chi connectivity index (χ0v) is 16.2. The van der Waals surface area contributed by atoms with E-state index in [2.05, 4.69) is 0 Å². The van der Waals surface area contributed by atoms with Crippen LogP contribution >= 0.6 is 12.4 Å². The highest BCUT2D eigenvalue weighted by atomic mass is 35.5. The second-order valence-corrected chi connectivity index (χ2v) is 6.58. The molecule has 1 atom stereocenters. The van der Waals surface area contributed by atoms with Crippen molar-refractivity contribution in [1.29, 1.82) is 0 Å². The molecule has 1 unspecified atom stereocenters. The zero-order chi connectivity index (χ0) is 20.3. The monoisotopic (exact) mass is 427 g/mol. The molecule has 5 nitrogen and oxygen atoms in total. The van der Waals surface area contributed by atoms with Crippen molar-refractivity contribution < 1.29 is 22.8 Å². The van der Waals surface area contributed by atoms with Crippen LogP contribution in [0.2, 0.25) is 0 Å². The Morgan fingerprint density at radius 2 is 1.38 bits per heavy atom. The number of carbonyl (C=O) groups is 2. The van der Waals surface area contributed by atoms with Crippen LogP contribution < -0.4 is 5.73 Å². The Morgan fingerprint density at radius 3 is 1.90 bits per heavy atom. The van der Waals surface area contributed by atoms with Crippen molar-refractivity contribution in [2.24, 2.45) is 5.73 Å². The van der Waals surface area contributed by atoms with Crippen molar-refractivity contribution in [3.63, 3.8) is 0 Å². The van der Waals surface area contributed by atoms with Gasteiger partial charge in [0.25, 0.3) is 5.91 Å². The number of alkyl halides is 3. The summed E-state index contributed by atoms with van der Waals surface area (Å²) in [6.07, 6.45) is -4.44. The third-order valence-electron chi connectivity index (χ3n) is 4.76. The lowest BCUT2D eigenvalue weighted by Gasteiger charge is -2.36. The minimum absolute atomic E-state index is 0. The summed E-state index contributed by atoms with van der Waals surface area (Å²) in [5.74, 6) is -0.569. The van der Waals surface area contributed by atoms with Crippen molar-refractivity contribution in [2.45, 2.75) is 12.2 Å².